The Hall–Kier alpha value is -1.81. The van der Waals surface area contributed by atoms with Gasteiger partial charge in [-0.3, -0.25) is 0 Å². The van der Waals surface area contributed by atoms with E-state index in [1.807, 2.05) is 36.4 Å². The summed E-state index contributed by atoms with van der Waals surface area (Å²) in [5.41, 5.74) is 1.19. The maximum Gasteiger partial charge on any atom is 0.338 e. The van der Waals surface area contributed by atoms with Crippen molar-refractivity contribution >= 4 is 21.9 Å². The predicted molar refractivity (Wildman–Crippen MR) is 104 cm³/mol. The topological polar surface area (TPSA) is 35.5 Å². The van der Waals surface area contributed by atoms with Gasteiger partial charge in [0.25, 0.3) is 0 Å². The minimum atomic E-state index is -0.394. The quantitative estimate of drug-likeness (QED) is 0.494. The number of hydrogen-bond acceptors (Lipinski definition) is 3. The molecule has 0 aliphatic rings. The van der Waals surface area contributed by atoms with Crippen LogP contribution in [-0.2, 0) is 11.3 Å². The lowest BCUT2D eigenvalue weighted by Crippen LogP contribution is -2.33. The number of halogens is 1. The molecule has 0 N–H and O–H groups in total. The second-order valence-corrected chi connectivity index (χ2v) is 6.91. The number of ether oxygens (including phenoxy) is 2. The summed E-state index contributed by atoms with van der Waals surface area (Å²) in [4.78, 5) is 12.6. The average molecular weight is 405 g/mol. The Bertz CT molecular complexity index is 685. The van der Waals surface area contributed by atoms with Gasteiger partial charge < -0.3 is 9.47 Å². The molecule has 0 aromatic heterocycles. The van der Waals surface area contributed by atoms with Crippen LogP contribution in [0.2, 0.25) is 0 Å². The van der Waals surface area contributed by atoms with Gasteiger partial charge in [0.2, 0.25) is 0 Å². The highest BCUT2D eigenvalue weighted by molar-refractivity contribution is 9.10. The van der Waals surface area contributed by atoms with E-state index in [1.54, 1.807) is 12.1 Å². The maximum absolute atomic E-state index is 12.6. The molecule has 0 atom stereocenters. The van der Waals surface area contributed by atoms with Crippen molar-refractivity contribution in [3.8, 4) is 5.75 Å². The van der Waals surface area contributed by atoms with Crippen LogP contribution in [0, 0.1) is 0 Å². The molecule has 2 aromatic carbocycles. The fraction of sp³-hybridized carbons (Fsp3) is 0.381. The van der Waals surface area contributed by atoms with Crippen molar-refractivity contribution in [1.82, 2.24) is 0 Å². The molecule has 0 saturated carbocycles. The van der Waals surface area contributed by atoms with Crippen molar-refractivity contribution in [3.63, 3.8) is 0 Å². The van der Waals surface area contributed by atoms with Crippen LogP contribution in [-0.4, -0.2) is 11.6 Å². The Morgan fingerprint density at radius 3 is 2.24 bits per heavy atom. The molecule has 0 heterocycles. The first-order valence-electron chi connectivity index (χ1n) is 8.73. The molecule has 0 bridgehead atoms. The van der Waals surface area contributed by atoms with Gasteiger partial charge in [-0.25, -0.2) is 4.79 Å². The number of carbonyl (C=O) groups excluding carboxylic acids is 1. The van der Waals surface area contributed by atoms with Gasteiger partial charge in [0.1, 0.15) is 18.0 Å². The number of rotatable bonds is 8. The molecule has 0 radical (unpaired) electrons. The third-order valence-corrected chi connectivity index (χ3v) is 5.30. The Kier molecular flexibility index (Phi) is 7.06. The van der Waals surface area contributed by atoms with Gasteiger partial charge in [0.15, 0.2) is 0 Å². The summed E-state index contributed by atoms with van der Waals surface area (Å²) in [5.74, 6) is 0.330. The van der Waals surface area contributed by atoms with E-state index < -0.39 is 5.60 Å². The van der Waals surface area contributed by atoms with Crippen molar-refractivity contribution in [1.29, 1.82) is 0 Å². The molecule has 0 spiro atoms. The molecular formula is C21H25BrO3. The van der Waals surface area contributed by atoms with Crippen LogP contribution in [0.1, 0.15) is 56.0 Å². The van der Waals surface area contributed by atoms with Crippen LogP contribution in [0.15, 0.2) is 53.0 Å². The Morgan fingerprint density at radius 1 is 1.00 bits per heavy atom. The van der Waals surface area contributed by atoms with E-state index in [2.05, 4.69) is 36.7 Å². The van der Waals surface area contributed by atoms with Crippen LogP contribution < -0.4 is 4.74 Å². The predicted octanol–water partition coefficient (Wildman–Crippen LogP) is 6.15. The van der Waals surface area contributed by atoms with Gasteiger partial charge >= 0.3 is 5.97 Å². The SMILES string of the molecule is CCC(CC)(CC)OC(=O)c1ccc(Br)c(OCc2ccccc2)c1. The summed E-state index contributed by atoms with van der Waals surface area (Å²) in [7, 11) is 0. The lowest BCUT2D eigenvalue weighted by atomic mass is 9.94. The standard InChI is InChI=1S/C21H25BrO3/c1-4-21(5-2,6-3)25-20(23)17-12-13-18(22)19(14-17)24-15-16-10-8-7-9-11-16/h7-14H,4-6,15H2,1-3H3. The number of hydrogen-bond donors (Lipinski definition) is 0. The second-order valence-electron chi connectivity index (χ2n) is 6.05. The van der Waals surface area contributed by atoms with Crippen molar-refractivity contribution < 1.29 is 14.3 Å². The zero-order valence-corrected chi connectivity index (χ0v) is 16.6. The molecule has 3 nitrogen and oxygen atoms in total. The highest BCUT2D eigenvalue weighted by Gasteiger charge is 2.29. The summed E-state index contributed by atoms with van der Waals surface area (Å²) in [6.45, 7) is 6.60. The minimum Gasteiger partial charge on any atom is -0.488 e. The number of carbonyl (C=O) groups is 1. The van der Waals surface area contributed by atoms with Crippen LogP contribution in [0.4, 0.5) is 0 Å². The van der Waals surface area contributed by atoms with Gasteiger partial charge in [-0.15, -0.1) is 0 Å². The summed E-state index contributed by atoms with van der Waals surface area (Å²) in [6, 6.07) is 15.2. The Labute approximate surface area is 158 Å². The fourth-order valence-electron chi connectivity index (χ4n) is 2.70. The van der Waals surface area contributed by atoms with Gasteiger partial charge in [0, 0.05) is 0 Å². The summed E-state index contributed by atoms with van der Waals surface area (Å²) < 4.78 is 12.5. The fourth-order valence-corrected chi connectivity index (χ4v) is 3.06. The molecule has 134 valence electrons. The monoisotopic (exact) mass is 404 g/mol. The van der Waals surface area contributed by atoms with E-state index >= 15 is 0 Å². The van der Waals surface area contributed by atoms with Gasteiger partial charge in [-0.05, 0) is 59.0 Å². The molecule has 0 saturated heterocycles. The van der Waals surface area contributed by atoms with E-state index in [4.69, 9.17) is 9.47 Å². The molecule has 25 heavy (non-hydrogen) atoms. The second kappa shape index (κ2) is 9.04. The van der Waals surface area contributed by atoms with Gasteiger partial charge in [0.05, 0.1) is 10.0 Å². The normalized spacial score (nSPS) is 11.2. The van der Waals surface area contributed by atoms with Crippen molar-refractivity contribution in [2.24, 2.45) is 0 Å². The van der Waals surface area contributed by atoms with Crippen LogP contribution in [0.3, 0.4) is 0 Å². The summed E-state index contributed by atoms with van der Waals surface area (Å²) in [5, 5.41) is 0. The smallest absolute Gasteiger partial charge is 0.338 e. The van der Waals surface area contributed by atoms with E-state index in [1.165, 1.54) is 0 Å². The van der Waals surface area contributed by atoms with E-state index in [0.717, 1.165) is 29.3 Å². The Balaban J connectivity index is 2.13. The first kappa shape index (κ1) is 19.5. The molecular weight excluding hydrogens is 380 g/mol. The van der Waals surface area contributed by atoms with Crippen molar-refractivity contribution in [3.05, 3.63) is 64.1 Å². The Morgan fingerprint density at radius 2 is 1.64 bits per heavy atom. The first-order chi connectivity index (χ1) is 12.0. The van der Waals surface area contributed by atoms with Gasteiger partial charge in [-0.1, -0.05) is 51.1 Å². The zero-order chi connectivity index (χ0) is 18.3. The average Bonchev–Trinajstić information content (AvgIpc) is 2.66. The number of benzene rings is 2. The highest BCUT2D eigenvalue weighted by atomic mass is 79.9. The third-order valence-electron chi connectivity index (χ3n) is 4.65. The largest absolute Gasteiger partial charge is 0.488 e. The van der Waals surface area contributed by atoms with Crippen LogP contribution in [0.5, 0.6) is 5.75 Å². The van der Waals surface area contributed by atoms with E-state index in [9.17, 15) is 4.79 Å². The first-order valence-corrected chi connectivity index (χ1v) is 9.52. The van der Waals surface area contributed by atoms with E-state index in [0.29, 0.717) is 17.9 Å². The maximum atomic E-state index is 12.6. The van der Waals surface area contributed by atoms with Crippen molar-refractivity contribution in [2.75, 3.05) is 0 Å². The molecule has 2 rings (SSSR count). The highest BCUT2D eigenvalue weighted by Crippen LogP contribution is 2.30. The molecule has 0 amide bonds. The number of esters is 1. The molecule has 0 unspecified atom stereocenters. The van der Waals surface area contributed by atoms with Gasteiger partial charge in [-0.2, -0.15) is 0 Å². The molecule has 0 aliphatic heterocycles. The lowest BCUT2D eigenvalue weighted by molar-refractivity contribution is -0.0249. The lowest BCUT2D eigenvalue weighted by Gasteiger charge is -2.30. The molecule has 0 aliphatic carbocycles. The van der Waals surface area contributed by atoms with Crippen molar-refractivity contribution in [2.45, 2.75) is 52.2 Å². The summed E-state index contributed by atoms with van der Waals surface area (Å²) >= 11 is 3.48. The third kappa shape index (κ3) is 5.08. The van der Waals surface area contributed by atoms with Crippen LogP contribution in [0.25, 0.3) is 0 Å². The molecule has 2 aromatic rings. The molecule has 4 heteroatoms. The van der Waals surface area contributed by atoms with E-state index in [-0.39, 0.29) is 5.97 Å². The molecule has 0 fully saturated rings. The minimum absolute atomic E-state index is 0.303. The zero-order valence-electron chi connectivity index (χ0n) is 15.0. The summed E-state index contributed by atoms with van der Waals surface area (Å²) in [6.07, 6.45) is 2.42. The van der Waals surface area contributed by atoms with Crippen LogP contribution >= 0.6 is 15.9 Å².